The number of rotatable bonds is 8. The number of nitrogens with one attached hydrogen (secondary N) is 1. The Kier molecular flexibility index (Phi) is 7.16. The normalized spacial score (nSPS) is 17.0. The van der Waals surface area contributed by atoms with E-state index < -0.39 is 5.91 Å². The molecule has 12 nitrogen and oxygen atoms in total. The summed E-state index contributed by atoms with van der Waals surface area (Å²) < 4.78 is 11.6. The van der Waals surface area contributed by atoms with Crippen LogP contribution in [0.2, 0.25) is 0 Å². The van der Waals surface area contributed by atoms with Gasteiger partial charge in [0, 0.05) is 12.6 Å². The summed E-state index contributed by atoms with van der Waals surface area (Å²) in [6, 6.07) is 7.85. The van der Waals surface area contributed by atoms with Gasteiger partial charge in [0.2, 0.25) is 11.6 Å². The first-order valence-corrected chi connectivity index (χ1v) is 11.3. The van der Waals surface area contributed by atoms with Crippen LogP contribution in [-0.2, 0) is 6.54 Å². The maximum absolute atomic E-state index is 13.1. The monoisotopic (exact) mass is 467 g/mol. The maximum Gasteiger partial charge on any atom is 0.293 e. The fourth-order valence-electron chi connectivity index (χ4n) is 3.92. The van der Waals surface area contributed by atoms with Gasteiger partial charge in [-0.1, -0.05) is 11.6 Å². The van der Waals surface area contributed by atoms with Crippen molar-refractivity contribution in [3.05, 3.63) is 41.2 Å². The zero-order chi connectivity index (χ0) is 24.1. The Bertz CT molecular complexity index is 1150. The molecule has 1 unspecified atom stereocenters. The topological polar surface area (TPSA) is 150 Å². The van der Waals surface area contributed by atoms with Gasteiger partial charge in [-0.15, -0.1) is 5.10 Å². The van der Waals surface area contributed by atoms with Crippen molar-refractivity contribution in [2.75, 3.05) is 18.9 Å². The summed E-state index contributed by atoms with van der Waals surface area (Å²) in [7, 11) is 0. The van der Waals surface area contributed by atoms with Crippen LogP contribution < -0.4 is 15.9 Å². The number of aromatic nitrogens is 5. The van der Waals surface area contributed by atoms with Crippen LogP contribution >= 0.6 is 0 Å². The first kappa shape index (κ1) is 23.4. The van der Waals surface area contributed by atoms with Crippen molar-refractivity contribution in [1.29, 1.82) is 0 Å². The number of piperidine rings is 1. The van der Waals surface area contributed by atoms with Crippen LogP contribution in [0, 0.1) is 0 Å². The Balaban J connectivity index is 1.57. The molecule has 1 aromatic carbocycles. The lowest BCUT2D eigenvalue weighted by molar-refractivity contribution is 0.0944. The van der Waals surface area contributed by atoms with E-state index in [4.69, 9.17) is 15.1 Å². The highest BCUT2D eigenvalue weighted by Gasteiger charge is 2.28. The number of nitrogens with zero attached hydrogens (tertiary/aromatic N) is 7. The number of amides is 1. The molecule has 180 valence electrons. The van der Waals surface area contributed by atoms with E-state index in [0.29, 0.717) is 30.6 Å². The summed E-state index contributed by atoms with van der Waals surface area (Å²) in [4.78, 5) is 15.4. The third-order valence-electron chi connectivity index (χ3n) is 5.88. The fraction of sp³-hybridized carbons (Fsp3) is 0.455. The largest absolute Gasteiger partial charge is 0.494 e. The van der Waals surface area contributed by atoms with Gasteiger partial charge in [-0.3, -0.25) is 9.69 Å². The molecule has 0 bridgehead atoms. The van der Waals surface area contributed by atoms with Gasteiger partial charge in [-0.05, 0) is 80.3 Å². The molecular formula is C22H29N9O3. The average molecular weight is 468 g/mol. The van der Waals surface area contributed by atoms with Crippen LogP contribution in [0.15, 0.2) is 34.0 Å². The number of carbonyl (C=O) groups excluding carboxylic acids is 1. The van der Waals surface area contributed by atoms with Gasteiger partial charge in [-0.2, -0.15) is 9.78 Å². The minimum absolute atomic E-state index is 0.0640. The van der Waals surface area contributed by atoms with E-state index in [1.165, 1.54) is 11.1 Å². The molecule has 1 fully saturated rings. The number of hydrogen-bond acceptors (Lipinski definition) is 10. The molecule has 12 heteroatoms. The van der Waals surface area contributed by atoms with Crippen LogP contribution in [0.3, 0.4) is 0 Å². The van der Waals surface area contributed by atoms with Crippen molar-refractivity contribution < 1.29 is 14.2 Å². The summed E-state index contributed by atoms with van der Waals surface area (Å²) in [6.45, 7) is 7.87. The van der Waals surface area contributed by atoms with Crippen LogP contribution in [0.1, 0.15) is 61.8 Å². The van der Waals surface area contributed by atoms with Crippen LogP contribution in [0.5, 0.6) is 5.75 Å². The van der Waals surface area contributed by atoms with Gasteiger partial charge in [0.25, 0.3) is 5.91 Å². The molecule has 1 aliphatic heterocycles. The number of nitrogens with two attached hydrogens (primary N) is 1. The van der Waals surface area contributed by atoms with Gasteiger partial charge in [-0.25, -0.2) is 10.1 Å². The van der Waals surface area contributed by atoms with Gasteiger partial charge in [0.15, 0.2) is 5.69 Å². The Morgan fingerprint density at radius 2 is 2.09 bits per heavy atom. The first-order chi connectivity index (χ1) is 16.5. The van der Waals surface area contributed by atoms with Crippen molar-refractivity contribution in [3.8, 4) is 11.6 Å². The van der Waals surface area contributed by atoms with E-state index in [2.05, 4.69) is 43.0 Å². The smallest absolute Gasteiger partial charge is 0.293 e. The van der Waals surface area contributed by atoms with Crippen LogP contribution in [-0.4, -0.2) is 61.0 Å². The first-order valence-electron chi connectivity index (χ1n) is 11.3. The highest BCUT2D eigenvalue weighted by atomic mass is 16.6. The fourth-order valence-corrected chi connectivity index (χ4v) is 3.92. The van der Waals surface area contributed by atoms with E-state index in [0.717, 1.165) is 30.7 Å². The second-order valence-corrected chi connectivity index (χ2v) is 8.18. The lowest BCUT2D eigenvalue weighted by Crippen LogP contribution is -2.38. The molecule has 1 amide bonds. The van der Waals surface area contributed by atoms with Gasteiger partial charge >= 0.3 is 0 Å². The Morgan fingerprint density at radius 1 is 1.29 bits per heavy atom. The number of hydrazone groups is 1. The van der Waals surface area contributed by atoms with Crippen molar-refractivity contribution >= 4 is 17.4 Å². The zero-order valence-electron chi connectivity index (χ0n) is 19.6. The molecule has 3 heterocycles. The van der Waals surface area contributed by atoms with E-state index in [1.54, 1.807) is 0 Å². The lowest BCUT2D eigenvalue weighted by Gasteiger charge is -2.33. The van der Waals surface area contributed by atoms with Crippen LogP contribution in [0.25, 0.3) is 5.82 Å². The molecular weight excluding hydrogens is 438 g/mol. The summed E-state index contributed by atoms with van der Waals surface area (Å²) >= 11 is 0. The summed E-state index contributed by atoms with van der Waals surface area (Å²) in [5.74, 6) is 0.554. The third-order valence-corrected chi connectivity index (χ3v) is 5.88. The molecule has 3 N–H and O–H groups in total. The van der Waals surface area contributed by atoms with Crippen molar-refractivity contribution in [2.45, 2.75) is 52.6 Å². The second kappa shape index (κ2) is 10.4. The molecule has 0 spiro atoms. The van der Waals surface area contributed by atoms with Gasteiger partial charge < -0.3 is 10.5 Å². The quantitative estimate of drug-likeness (QED) is 0.375. The van der Waals surface area contributed by atoms with Gasteiger partial charge in [0.05, 0.1) is 18.0 Å². The molecule has 1 aliphatic rings. The van der Waals surface area contributed by atoms with Crippen molar-refractivity contribution in [3.63, 3.8) is 0 Å². The number of benzene rings is 1. The Hall–Kier alpha value is -3.80. The molecule has 4 rings (SSSR count). The molecule has 3 aromatic rings. The standard InChI is InChI=1S/C22H29N9O3/c1-4-33-17-10-8-16(9-11-17)15(3)24-26-22(32)19-18(13-30-12-6-5-7-14(30)2)31(29-25-19)21-20(23)27-34-28-21/h8-11,14H,4-7,12-13H2,1-3H3,(H2,23,27)(H,26,32)/b24-15-. The highest BCUT2D eigenvalue weighted by Crippen LogP contribution is 2.23. The predicted octanol–water partition coefficient (Wildman–Crippen LogP) is 2.16. The predicted molar refractivity (Wildman–Crippen MR) is 125 cm³/mol. The Morgan fingerprint density at radius 3 is 2.76 bits per heavy atom. The molecule has 0 radical (unpaired) electrons. The van der Waals surface area contributed by atoms with Gasteiger partial charge in [0.1, 0.15) is 5.75 Å². The molecule has 1 atom stereocenters. The highest BCUT2D eigenvalue weighted by molar-refractivity contribution is 6.00. The van der Waals surface area contributed by atoms with Crippen molar-refractivity contribution in [1.82, 2.24) is 35.6 Å². The minimum Gasteiger partial charge on any atom is -0.494 e. The van der Waals surface area contributed by atoms with Crippen molar-refractivity contribution in [2.24, 2.45) is 5.10 Å². The molecule has 0 aliphatic carbocycles. The number of anilines is 1. The zero-order valence-corrected chi connectivity index (χ0v) is 19.6. The third kappa shape index (κ3) is 5.06. The number of ether oxygens (including phenoxy) is 1. The van der Waals surface area contributed by atoms with E-state index >= 15 is 0 Å². The number of likely N-dealkylation sites (tertiary alicyclic amines) is 1. The van der Waals surface area contributed by atoms with Crippen LogP contribution in [0.4, 0.5) is 5.82 Å². The molecule has 2 aromatic heterocycles. The number of hydrogen-bond donors (Lipinski definition) is 2. The SMILES string of the molecule is CCOc1ccc(/C(C)=N\NC(=O)c2nnn(-c3nonc3N)c2CN2CCCCC2C)cc1. The van der Waals surface area contributed by atoms with E-state index in [-0.39, 0.29) is 17.3 Å². The van der Waals surface area contributed by atoms with E-state index in [9.17, 15) is 4.79 Å². The molecule has 34 heavy (non-hydrogen) atoms. The minimum atomic E-state index is -0.480. The van der Waals surface area contributed by atoms with E-state index in [1.807, 2.05) is 38.1 Å². The number of nitrogen functional groups attached to an aromatic ring is 1. The number of carbonyl (C=O) groups is 1. The lowest BCUT2D eigenvalue weighted by atomic mass is 10.0. The summed E-state index contributed by atoms with van der Waals surface area (Å²) in [5.41, 5.74) is 10.7. The second-order valence-electron chi connectivity index (χ2n) is 8.18. The average Bonchev–Trinajstić information content (AvgIpc) is 3.45. The Labute approximate surface area is 197 Å². The maximum atomic E-state index is 13.1. The molecule has 1 saturated heterocycles. The molecule has 0 saturated carbocycles. The summed E-state index contributed by atoms with van der Waals surface area (Å²) in [6.07, 6.45) is 3.36. The summed E-state index contributed by atoms with van der Waals surface area (Å²) in [5, 5.41) is 19.9.